The third kappa shape index (κ3) is 3.83. The molecule has 0 aliphatic heterocycles. The second-order valence-corrected chi connectivity index (χ2v) is 6.61. The first-order valence-corrected chi connectivity index (χ1v) is 8.09. The highest BCUT2D eigenvalue weighted by Gasteiger charge is 2.35. The fraction of sp³-hybridized carbons (Fsp3) is 0.667. The number of nitrogens with one attached hydrogen (secondary N) is 1. The Hall–Kier alpha value is -0.860. The molecule has 0 spiro atoms. The lowest BCUT2D eigenvalue weighted by Crippen LogP contribution is -2.55. The van der Waals surface area contributed by atoms with E-state index >= 15 is 0 Å². The molecule has 0 radical (unpaired) electrons. The SMILES string of the molecule is CCNC1CC(C)CC(C)C1N(C)Cc1ccccc1. The van der Waals surface area contributed by atoms with E-state index in [-0.39, 0.29) is 0 Å². The molecule has 1 saturated carbocycles. The van der Waals surface area contributed by atoms with E-state index in [1.165, 1.54) is 18.4 Å². The zero-order valence-corrected chi connectivity index (χ0v) is 13.5. The van der Waals surface area contributed by atoms with Gasteiger partial charge in [0.2, 0.25) is 0 Å². The number of hydrogen-bond donors (Lipinski definition) is 1. The van der Waals surface area contributed by atoms with E-state index in [1.54, 1.807) is 0 Å². The third-order valence-electron chi connectivity index (χ3n) is 4.68. The van der Waals surface area contributed by atoms with Crippen LogP contribution in [0.1, 0.15) is 39.2 Å². The van der Waals surface area contributed by atoms with Gasteiger partial charge in [0.1, 0.15) is 0 Å². The standard InChI is InChI=1S/C18H30N2/c1-5-19-17-12-14(2)11-15(3)18(17)20(4)13-16-9-7-6-8-10-16/h6-10,14-15,17-19H,5,11-13H2,1-4H3. The largest absolute Gasteiger partial charge is 0.313 e. The van der Waals surface area contributed by atoms with Crippen LogP contribution in [-0.4, -0.2) is 30.6 Å². The van der Waals surface area contributed by atoms with Crippen molar-refractivity contribution >= 4 is 0 Å². The molecule has 4 unspecified atom stereocenters. The molecule has 20 heavy (non-hydrogen) atoms. The number of rotatable bonds is 5. The van der Waals surface area contributed by atoms with Gasteiger partial charge in [0.05, 0.1) is 0 Å². The van der Waals surface area contributed by atoms with E-state index in [0.717, 1.165) is 24.9 Å². The molecule has 1 aromatic rings. The third-order valence-corrected chi connectivity index (χ3v) is 4.68. The second-order valence-electron chi connectivity index (χ2n) is 6.61. The van der Waals surface area contributed by atoms with Gasteiger partial charge >= 0.3 is 0 Å². The first kappa shape index (κ1) is 15.5. The molecule has 0 bridgehead atoms. The molecule has 112 valence electrons. The van der Waals surface area contributed by atoms with Crippen LogP contribution in [0.4, 0.5) is 0 Å². The van der Waals surface area contributed by atoms with Crippen LogP contribution in [0, 0.1) is 11.8 Å². The highest BCUT2D eigenvalue weighted by molar-refractivity contribution is 5.14. The van der Waals surface area contributed by atoms with Gasteiger partial charge in [-0.25, -0.2) is 0 Å². The first-order chi connectivity index (χ1) is 9.61. The van der Waals surface area contributed by atoms with Crippen molar-refractivity contribution in [2.24, 2.45) is 11.8 Å². The van der Waals surface area contributed by atoms with Gasteiger partial charge in [-0.05, 0) is 43.8 Å². The van der Waals surface area contributed by atoms with E-state index in [2.05, 4.69) is 68.4 Å². The van der Waals surface area contributed by atoms with Crippen LogP contribution in [0.15, 0.2) is 30.3 Å². The summed E-state index contributed by atoms with van der Waals surface area (Å²) in [6.45, 7) is 9.16. The van der Waals surface area contributed by atoms with E-state index < -0.39 is 0 Å². The van der Waals surface area contributed by atoms with Crippen LogP contribution < -0.4 is 5.32 Å². The fourth-order valence-corrected chi connectivity index (χ4v) is 4.02. The van der Waals surface area contributed by atoms with Gasteiger partial charge in [0.15, 0.2) is 0 Å². The fourth-order valence-electron chi connectivity index (χ4n) is 4.02. The normalized spacial score (nSPS) is 30.6. The molecule has 1 aliphatic carbocycles. The summed E-state index contributed by atoms with van der Waals surface area (Å²) in [7, 11) is 2.29. The lowest BCUT2D eigenvalue weighted by Gasteiger charge is -2.45. The molecule has 1 N–H and O–H groups in total. The van der Waals surface area contributed by atoms with Gasteiger partial charge in [-0.3, -0.25) is 4.90 Å². The Morgan fingerprint density at radius 2 is 1.85 bits per heavy atom. The summed E-state index contributed by atoms with van der Waals surface area (Å²) < 4.78 is 0. The minimum atomic E-state index is 0.632. The van der Waals surface area contributed by atoms with Gasteiger partial charge in [-0.1, -0.05) is 51.1 Å². The van der Waals surface area contributed by atoms with E-state index in [4.69, 9.17) is 0 Å². The Labute approximate surface area is 124 Å². The quantitative estimate of drug-likeness (QED) is 0.883. The highest BCUT2D eigenvalue weighted by atomic mass is 15.2. The lowest BCUT2D eigenvalue weighted by atomic mass is 9.76. The molecule has 0 amide bonds. The number of nitrogens with zero attached hydrogens (tertiary/aromatic N) is 1. The van der Waals surface area contributed by atoms with E-state index in [0.29, 0.717) is 12.1 Å². The Morgan fingerprint density at radius 1 is 1.15 bits per heavy atom. The zero-order chi connectivity index (χ0) is 14.5. The van der Waals surface area contributed by atoms with Gasteiger partial charge in [0.25, 0.3) is 0 Å². The van der Waals surface area contributed by atoms with Gasteiger partial charge in [-0.15, -0.1) is 0 Å². The summed E-state index contributed by atoms with van der Waals surface area (Å²) in [5, 5.41) is 3.72. The van der Waals surface area contributed by atoms with Crippen molar-refractivity contribution in [2.75, 3.05) is 13.6 Å². The van der Waals surface area contributed by atoms with Crippen LogP contribution in [0.3, 0.4) is 0 Å². The summed E-state index contributed by atoms with van der Waals surface area (Å²) >= 11 is 0. The smallest absolute Gasteiger partial charge is 0.0275 e. The summed E-state index contributed by atoms with van der Waals surface area (Å²) in [5.41, 5.74) is 1.41. The molecule has 2 nitrogen and oxygen atoms in total. The summed E-state index contributed by atoms with van der Waals surface area (Å²) in [6.07, 6.45) is 2.66. The maximum absolute atomic E-state index is 3.72. The van der Waals surface area contributed by atoms with Gasteiger partial charge < -0.3 is 5.32 Å². The van der Waals surface area contributed by atoms with Crippen LogP contribution in [-0.2, 0) is 6.54 Å². The van der Waals surface area contributed by atoms with E-state index in [9.17, 15) is 0 Å². The van der Waals surface area contributed by atoms with E-state index in [1.807, 2.05) is 0 Å². The second kappa shape index (κ2) is 7.24. The Bertz CT molecular complexity index is 390. The van der Waals surface area contributed by atoms with Crippen LogP contribution in [0.2, 0.25) is 0 Å². The molecular formula is C18H30N2. The maximum Gasteiger partial charge on any atom is 0.0275 e. The molecular weight excluding hydrogens is 244 g/mol. The van der Waals surface area contributed by atoms with Crippen molar-refractivity contribution in [1.29, 1.82) is 0 Å². The van der Waals surface area contributed by atoms with Crippen molar-refractivity contribution in [3.63, 3.8) is 0 Å². The zero-order valence-electron chi connectivity index (χ0n) is 13.5. The number of hydrogen-bond acceptors (Lipinski definition) is 2. The number of likely N-dealkylation sites (N-methyl/N-ethyl adjacent to an activating group) is 2. The van der Waals surface area contributed by atoms with Crippen LogP contribution in [0.25, 0.3) is 0 Å². The molecule has 2 rings (SSSR count). The highest BCUT2D eigenvalue weighted by Crippen LogP contribution is 2.32. The minimum Gasteiger partial charge on any atom is -0.313 e. The summed E-state index contributed by atoms with van der Waals surface area (Å²) in [5.74, 6) is 1.60. The van der Waals surface area contributed by atoms with Crippen molar-refractivity contribution in [3.8, 4) is 0 Å². The van der Waals surface area contributed by atoms with Crippen LogP contribution in [0.5, 0.6) is 0 Å². The minimum absolute atomic E-state index is 0.632. The van der Waals surface area contributed by atoms with Gasteiger partial charge in [0, 0.05) is 18.6 Å². The molecule has 0 heterocycles. The Balaban J connectivity index is 2.06. The number of benzene rings is 1. The molecule has 1 aliphatic rings. The van der Waals surface area contributed by atoms with Crippen molar-refractivity contribution < 1.29 is 0 Å². The molecule has 1 aromatic carbocycles. The molecule has 0 aromatic heterocycles. The average molecular weight is 274 g/mol. The molecule has 1 fully saturated rings. The Kier molecular flexibility index (Phi) is 5.62. The first-order valence-electron chi connectivity index (χ1n) is 8.09. The molecule has 0 saturated heterocycles. The predicted molar refractivity (Wildman–Crippen MR) is 86.7 cm³/mol. The summed E-state index contributed by atoms with van der Waals surface area (Å²) in [6, 6.07) is 12.1. The topological polar surface area (TPSA) is 15.3 Å². The molecule has 4 atom stereocenters. The molecule has 2 heteroatoms. The van der Waals surface area contributed by atoms with Crippen molar-refractivity contribution in [2.45, 2.75) is 52.2 Å². The average Bonchev–Trinajstić information content (AvgIpc) is 2.39. The summed E-state index contributed by atoms with van der Waals surface area (Å²) in [4.78, 5) is 2.55. The van der Waals surface area contributed by atoms with Crippen molar-refractivity contribution in [3.05, 3.63) is 35.9 Å². The lowest BCUT2D eigenvalue weighted by molar-refractivity contribution is 0.0761. The maximum atomic E-state index is 3.72. The monoisotopic (exact) mass is 274 g/mol. The van der Waals surface area contributed by atoms with Crippen molar-refractivity contribution in [1.82, 2.24) is 10.2 Å². The van der Waals surface area contributed by atoms with Gasteiger partial charge in [-0.2, -0.15) is 0 Å². The Morgan fingerprint density at radius 3 is 2.50 bits per heavy atom. The predicted octanol–water partition coefficient (Wildman–Crippen LogP) is 3.53. The van der Waals surface area contributed by atoms with Crippen LogP contribution >= 0.6 is 0 Å².